The van der Waals surface area contributed by atoms with E-state index in [1.54, 1.807) is 17.9 Å². The van der Waals surface area contributed by atoms with Gasteiger partial charge in [-0.15, -0.1) is 0 Å². The molecule has 1 N–H and O–H groups in total. The maximum atomic E-state index is 13.1. The van der Waals surface area contributed by atoms with Crippen molar-refractivity contribution < 1.29 is 12.8 Å². The number of aromatic nitrogens is 3. The number of hydrogen-bond acceptors (Lipinski definition) is 4. The van der Waals surface area contributed by atoms with E-state index in [0.29, 0.717) is 18.5 Å². The largest absolute Gasteiger partial charge is 0.253 e. The molecular weight excluding hydrogens is 331 g/mol. The van der Waals surface area contributed by atoms with Gasteiger partial charge in [0.15, 0.2) is 0 Å². The van der Waals surface area contributed by atoms with Crippen molar-refractivity contribution in [2.24, 2.45) is 0 Å². The lowest BCUT2D eigenvalue weighted by Crippen LogP contribution is -2.34. The van der Waals surface area contributed by atoms with E-state index in [0.717, 1.165) is 6.07 Å². The van der Waals surface area contributed by atoms with Gasteiger partial charge in [0, 0.05) is 12.6 Å². The minimum absolute atomic E-state index is 0.0908. The molecule has 0 aliphatic carbocycles. The van der Waals surface area contributed by atoms with Crippen LogP contribution in [0.4, 0.5) is 4.39 Å². The monoisotopic (exact) mass is 346 g/mol. The molecule has 0 unspecified atom stereocenters. The lowest BCUT2D eigenvalue weighted by Gasteiger charge is -2.14. The number of rotatable bonds is 7. The maximum absolute atomic E-state index is 13.1. The highest BCUT2D eigenvalue weighted by Gasteiger charge is 2.16. The Hall–Kier alpha value is -1.51. The summed E-state index contributed by atoms with van der Waals surface area (Å²) >= 11 is 5.65. The smallest absolute Gasteiger partial charge is 0.216 e. The highest BCUT2D eigenvalue weighted by atomic mass is 35.5. The van der Waals surface area contributed by atoms with Crippen molar-refractivity contribution >= 4 is 21.6 Å². The van der Waals surface area contributed by atoms with Gasteiger partial charge < -0.3 is 0 Å². The van der Waals surface area contributed by atoms with Crippen molar-refractivity contribution in [3.63, 3.8) is 0 Å². The molecule has 0 saturated heterocycles. The second-order valence-electron chi connectivity index (χ2n) is 4.97. The Kier molecular flexibility index (Phi) is 5.49. The quantitative estimate of drug-likeness (QED) is 0.831. The zero-order valence-electron chi connectivity index (χ0n) is 11.9. The van der Waals surface area contributed by atoms with E-state index < -0.39 is 15.8 Å². The van der Waals surface area contributed by atoms with Crippen molar-refractivity contribution in [3.05, 3.63) is 47.3 Å². The van der Waals surface area contributed by atoms with E-state index in [-0.39, 0.29) is 16.8 Å². The predicted octanol–water partition coefficient (Wildman–Crippen LogP) is 1.97. The highest BCUT2D eigenvalue weighted by Crippen LogP contribution is 2.17. The second kappa shape index (κ2) is 7.17. The topological polar surface area (TPSA) is 76.9 Å². The lowest BCUT2D eigenvalue weighted by molar-refractivity contribution is 0.494. The minimum Gasteiger partial charge on any atom is -0.253 e. The molecule has 1 aromatic heterocycles. The number of sulfonamides is 1. The molecule has 0 saturated carbocycles. The molecule has 0 radical (unpaired) electrons. The zero-order chi connectivity index (χ0) is 16.2. The molecule has 0 aliphatic rings. The van der Waals surface area contributed by atoms with Crippen LogP contribution in [-0.2, 0) is 22.3 Å². The first-order chi connectivity index (χ1) is 10.4. The molecule has 2 rings (SSSR count). The summed E-state index contributed by atoms with van der Waals surface area (Å²) < 4.78 is 41.4. The Morgan fingerprint density at radius 3 is 2.86 bits per heavy atom. The van der Waals surface area contributed by atoms with Gasteiger partial charge in [-0.2, -0.15) is 5.10 Å². The van der Waals surface area contributed by atoms with Gasteiger partial charge in [-0.05, 0) is 31.0 Å². The molecule has 1 heterocycles. The number of aryl methyl sites for hydroxylation is 1. The SMILES string of the molecule is C[C@@H](CCn1cncn1)NS(=O)(=O)Cc1ccc(F)c(Cl)c1. The normalized spacial score (nSPS) is 13.2. The first kappa shape index (κ1) is 16.9. The first-order valence-corrected chi connectivity index (χ1v) is 8.65. The average molecular weight is 347 g/mol. The van der Waals surface area contributed by atoms with Crippen LogP contribution in [0.1, 0.15) is 18.9 Å². The summed E-state index contributed by atoms with van der Waals surface area (Å²) in [5.74, 6) is -0.822. The fourth-order valence-electron chi connectivity index (χ4n) is 1.93. The van der Waals surface area contributed by atoms with E-state index in [1.165, 1.54) is 18.5 Å². The molecule has 120 valence electrons. The summed E-state index contributed by atoms with van der Waals surface area (Å²) in [6, 6.07) is 3.61. The van der Waals surface area contributed by atoms with Crippen molar-refractivity contribution in [1.82, 2.24) is 19.5 Å². The first-order valence-electron chi connectivity index (χ1n) is 6.62. The maximum Gasteiger partial charge on any atom is 0.216 e. The fourth-order valence-corrected chi connectivity index (χ4v) is 3.57. The van der Waals surface area contributed by atoms with Crippen LogP contribution in [0.5, 0.6) is 0 Å². The van der Waals surface area contributed by atoms with Crippen LogP contribution < -0.4 is 4.72 Å². The summed E-state index contributed by atoms with van der Waals surface area (Å²) in [4.78, 5) is 3.82. The predicted molar refractivity (Wildman–Crippen MR) is 81.3 cm³/mol. The van der Waals surface area contributed by atoms with Crippen LogP contribution in [-0.4, -0.2) is 29.2 Å². The summed E-state index contributed by atoms with van der Waals surface area (Å²) in [7, 11) is -3.53. The van der Waals surface area contributed by atoms with Gasteiger partial charge in [-0.1, -0.05) is 17.7 Å². The van der Waals surface area contributed by atoms with Gasteiger partial charge >= 0.3 is 0 Å². The molecule has 0 fully saturated rings. The van der Waals surface area contributed by atoms with E-state index in [1.807, 2.05) is 0 Å². The highest BCUT2D eigenvalue weighted by molar-refractivity contribution is 7.88. The summed E-state index contributed by atoms with van der Waals surface area (Å²) in [6.45, 7) is 2.33. The summed E-state index contributed by atoms with van der Waals surface area (Å²) in [6.07, 6.45) is 3.57. The van der Waals surface area contributed by atoms with Gasteiger partial charge in [-0.25, -0.2) is 22.5 Å². The van der Waals surface area contributed by atoms with Gasteiger partial charge in [0.2, 0.25) is 10.0 Å². The number of halogens is 2. The Bertz CT molecular complexity index is 722. The third kappa shape index (κ3) is 5.04. The Balaban J connectivity index is 1.90. The molecule has 1 atom stereocenters. The van der Waals surface area contributed by atoms with Crippen LogP contribution in [0.2, 0.25) is 5.02 Å². The average Bonchev–Trinajstić information content (AvgIpc) is 2.93. The van der Waals surface area contributed by atoms with Crippen molar-refractivity contribution in [1.29, 1.82) is 0 Å². The van der Waals surface area contributed by atoms with Gasteiger partial charge in [0.1, 0.15) is 18.5 Å². The molecule has 0 amide bonds. The molecule has 1 aromatic carbocycles. The molecule has 0 bridgehead atoms. The molecule has 9 heteroatoms. The Labute approximate surface area is 133 Å². The van der Waals surface area contributed by atoms with Crippen LogP contribution in [0.15, 0.2) is 30.9 Å². The molecule has 22 heavy (non-hydrogen) atoms. The molecule has 6 nitrogen and oxygen atoms in total. The van der Waals surface area contributed by atoms with E-state index in [2.05, 4.69) is 14.8 Å². The molecular formula is C13H16ClFN4O2S. The third-order valence-electron chi connectivity index (χ3n) is 2.98. The second-order valence-corrected chi connectivity index (χ2v) is 7.13. The van der Waals surface area contributed by atoms with E-state index in [9.17, 15) is 12.8 Å². The fraction of sp³-hybridized carbons (Fsp3) is 0.385. The Morgan fingerprint density at radius 2 is 2.23 bits per heavy atom. The van der Waals surface area contributed by atoms with Crippen molar-refractivity contribution in [3.8, 4) is 0 Å². The molecule has 2 aromatic rings. The van der Waals surface area contributed by atoms with Gasteiger partial charge in [0.05, 0.1) is 10.8 Å². The zero-order valence-corrected chi connectivity index (χ0v) is 13.5. The standard InChI is InChI=1S/C13H16ClFN4O2S/c1-10(4-5-19-9-16-8-17-19)18-22(20,21)7-11-2-3-13(15)12(14)6-11/h2-3,6,8-10,18H,4-5,7H2,1H3/t10-/m0/s1. The number of hydrogen-bond donors (Lipinski definition) is 1. The number of nitrogens with one attached hydrogen (secondary N) is 1. The van der Waals surface area contributed by atoms with Crippen LogP contribution >= 0.6 is 11.6 Å². The van der Waals surface area contributed by atoms with Crippen molar-refractivity contribution in [2.45, 2.75) is 31.7 Å². The van der Waals surface area contributed by atoms with Gasteiger partial charge in [0.25, 0.3) is 0 Å². The van der Waals surface area contributed by atoms with E-state index >= 15 is 0 Å². The molecule has 0 spiro atoms. The molecule has 0 aliphatic heterocycles. The summed E-state index contributed by atoms with van der Waals surface area (Å²) in [5.41, 5.74) is 0.433. The van der Waals surface area contributed by atoms with Crippen LogP contribution in [0.25, 0.3) is 0 Å². The van der Waals surface area contributed by atoms with Gasteiger partial charge in [-0.3, -0.25) is 4.68 Å². The van der Waals surface area contributed by atoms with E-state index in [4.69, 9.17) is 11.6 Å². The number of nitrogens with zero attached hydrogens (tertiary/aromatic N) is 3. The lowest BCUT2D eigenvalue weighted by atomic mass is 10.2. The number of benzene rings is 1. The Morgan fingerprint density at radius 1 is 1.45 bits per heavy atom. The summed E-state index contributed by atoms with van der Waals surface area (Å²) in [5, 5.41) is 3.86. The third-order valence-corrected chi connectivity index (χ3v) is 4.74. The van der Waals surface area contributed by atoms with Crippen molar-refractivity contribution in [2.75, 3.05) is 0 Å². The van der Waals surface area contributed by atoms with Crippen LogP contribution in [0.3, 0.4) is 0 Å². The minimum atomic E-state index is -3.53. The van der Waals surface area contributed by atoms with Crippen LogP contribution in [0, 0.1) is 5.82 Å².